The molecule has 0 aliphatic carbocycles. The molecule has 84 valence electrons. The van der Waals surface area contributed by atoms with Crippen LogP contribution in [0.3, 0.4) is 0 Å². The summed E-state index contributed by atoms with van der Waals surface area (Å²) in [5.74, 6) is 0. The van der Waals surface area contributed by atoms with Gasteiger partial charge in [0.05, 0.1) is 0 Å². The lowest BCUT2D eigenvalue weighted by molar-refractivity contribution is 0.129. The number of rotatable bonds is 9. The molecule has 0 fully saturated rings. The van der Waals surface area contributed by atoms with Crippen molar-refractivity contribution in [2.75, 3.05) is 26.3 Å². The molecule has 0 aliphatic rings. The summed E-state index contributed by atoms with van der Waals surface area (Å²) < 4.78 is 5.43. The van der Waals surface area contributed by atoms with E-state index in [2.05, 4.69) is 12.2 Å². The van der Waals surface area contributed by atoms with Crippen LogP contribution in [0, 0.1) is 0 Å². The molecule has 0 spiro atoms. The summed E-state index contributed by atoms with van der Waals surface area (Å²) in [6.45, 7) is 7.81. The second kappa shape index (κ2) is 11.0. The molecule has 0 saturated heterocycles. The summed E-state index contributed by atoms with van der Waals surface area (Å²) in [6.07, 6.45) is 3.44. The van der Waals surface area contributed by atoms with Crippen molar-refractivity contribution in [1.29, 1.82) is 0 Å². The fourth-order valence-corrected chi connectivity index (χ4v) is 1.05. The fourth-order valence-electron chi connectivity index (χ4n) is 0.972. The minimum absolute atomic E-state index is 0.858. The monoisotopic (exact) mass is 219 g/mol. The average Bonchev–Trinajstić information content (AvgIpc) is 2.21. The highest BCUT2D eigenvalue weighted by Crippen LogP contribution is 1.92. The molecule has 1 N–H and O–H groups in total. The van der Waals surface area contributed by atoms with Crippen LogP contribution in [0.1, 0.15) is 33.1 Å². The van der Waals surface area contributed by atoms with E-state index in [1.165, 1.54) is 18.4 Å². The van der Waals surface area contributed by atoms with Crippen molar-refractivity contribution in [3.63, 3.8) is 0 Å². The van der Waals surface area contributed by atoms with E-state index in [1.54, 1.807) is 5.54 Å². The third kappa shape index (κ3) is 10.0. The van der Waals surface area contributed by atoms with Crippen molar-refractivity contribution in [3.8, 4) is 0 Å². The van der Waals surface area contributed by atoms with Gasteiger partial charge in [-0.2, -0.15) is 0 Å². The number of ether oxygens (including phenoxy) is 1. The smallest absolute Gasteiger partial charge is 0.0478 e. The van der Waals surface area contributed by atoms with Crippen LogP contribution in [-0.2, 0) is 4.74 Å². The quantitative estimate of drug-likeness (QED) is 0.603. The molecule has 0 saturated carbocycles. The van der Waals surface area contributed by atoms with Gasteiger partial charge in [0.2, 0.25) is 0 Å². The average molecular weight is 220 g/mol. The molecule has 0 rings (SSSR count). The van der Waals surface area contributed by atoms with Crippen LogP contribution in [0.5, 0.6) is 0 Å². The van der Waals surface area contributed by atoms with Gasteiger partial charge in [-0.1, -0.05) is 24.9 Å². The second-order valence-corrected chi connectivity index (χ2v) is 3.67. The van der Waals surface area contributed by atoms with Crippen molar-refractivity contribution in [3.05, 3.63) is 11.1 Å². The van der Waals surface area contributed by atoms with E-state index >= 15 is 0 Å². The number of unbranched alkanes of at least 4 members (excludes halogenated alkanes) is 1. The zero-order valence-corrected chi connectivity index (χ0v) is 10.1. The highest BCUT2D eigenvalue weighted by molar-refractivity contribution is 6.25. The van der Waals surface area contributed by atoms with Crippen molar-refractivity contribution < 1.29 is 4.74 Å². The third-order valence-corrected chi connectivity index (χ3v) is 2.25. The Bertz CT molecular complexity index is 148. The first kappa shape index (κ1) is 13.9. The summed E-state index contributed by atoms with van der Waals surface area (Å²) in [5, 5.41) is 3.29. The van der Waals surface area contributed by atoms with E-state index in [1.807, 2.05) is 6.92 Å². The van der Waals surface area contributed by atoms with Gasteiger partial charge in [-0.25, -0.2) is 0 Å². The topological polar surface area (TPSA) is 21.3 Å². The predicted molar refractivity (Wildman–Crippen MR) is 62.8 cm³/mol. The van der Waals surface area contributed by atoms with Crippen LogP contribution < -0.4 is 5.32 Å². The Kier molecular flexibility index (Phi) is 11.0. The summed E-state index contributed by atoms with van der Waals surface area (Å²) in [7, 11) is 0. The zero-order valence-electron chi connectivity index (χ0n) is 9.31. The van der Waals surface area contributed by atoms with Gasteiger partial charge in [-0.05, 0) is 31.9 Å². The first-order valence-corrected chi connectivity index (χ1v) is 5.79. The first-order chi connectivity index (χ1) is 6.81. The van der Waals surface area contributed by atoms with Crippen LogP contribution in [0.25, 0.3) is 0 Å². The van der Waals surface area contributed by atoms with Gasteiger partial charge in [-0.15, -0.1) is 0 Å². The molecule has 0 radical (unpaired) electrons. The van der Waals surface area contributed by atoms with Crippen LogP contribution in [0.4, 0.5) is 0 Å². The van der Waals surface area contributed by atoms with Gasteiger partial charge in [0.1, 0.15) is 0 Å². The highest BCUT2D eigenvalue weighted by Gasteiger charge is 1.90. The molecule has 0 aromatic carbocycles. The molecule has 14 heavy (non-hydrogen) atoms. The molecule has 0 amide bonds. The van der Waals surface area contributed by atoms with Crippen molar-refractivity contribution in [2.24, 2.45) is 0 Å². The highest BCUT2D eigenvalue weighted by atomic mass is 35.5. The summed E-state index contributed by atoms with van der Waals surface area (Å²) in [5.41, 5.74) is 2.78. The van der Waals surface area contributed by atoms with Crippen LogP contribution in [-0.4, -0.2) is 26.3 Å². The Morgan fingerprint density at radius 2 is 2.07 bits per heavy atom. The van der Waals surface area contributed by atoms with E-state index in [-0.39, 0.29) is 0 Å². The molecular formula is C11H22ClNO. The lowest BCUT2D eigenvalue weighted by Crippen LogP contribution is -2.18. The summed E-state index contributed by atoms with van der Waals surface area (Å²) in [6, 6.07) is 0. The Balaban J connectivity index is 2.99. The van der Waals surface area contributed by atoms with E-state index in [0.717, 1.165) is 32.7 Å². The largest absolute Gasteiger partial charge is 0.381 e. The number of nitrogens with one attached hydrogen (secondary N) is 1. The molecule has 0 unspecified atom stereocenters. The fraction of sp³-hybridized carbons (Fsp3) is 0.818. The molecule has 0 aliphatic heterocycles. The minimum Gasteiger partial charge on any atom is -0.381 e. The van der Waals surface area contributed by atoms with Crippen molar-refractivity contribution >= 4 is 11.6 Å². The molecule has 0 heterocycles. The van der Waals surface area contributed by atoms with Crippen molar-refractivity contribution in [1.82, 2.24) is 5.32 Å². The maximum absolute atomic E-state index is 5.52. The van der Waals surface area contributed by atoms with Crippen LogP contribution in [0.15, 0.2) is 11.1 Å². The van der Waals surface area contributed by atoms with Gasteiger partial charge in [-0.3, -0.25) is 0 Å². The normalized spacial score (nSPS) is 12.1. The van der Waals surface area contributed by atoms with Gasteiger partial charge in [0, 0.05) is 25.3 Å². The van der Waals surface area contributed by atoms with Gasteiger partial charge in [0.25, 0.3) is 0 Å². The van der Waals surface area contributed by atoms with E-state index in [4.69, 9.17) is 16.3 Å². The summed E-state index contributed by atoms with van der Waals surface area (Å²) >= 11 is 5.52. The molecule has 0 aromatic rings. The molecule has 3 heteroatoms. The lowest BCUT2D eigenvalue weighted by Gasteiger charge is -2.05. The molecule has 0 atom stereocenters. The minimum atomic E-state index is 0.858. The third-order valence-electron chi connectivity index (χ3n) is 1.87. The molecule has 0 bridgehead atoms. The first-order valence-electron chi connectivity index (χ1n) is 5.35. The maximum Gasteiger partial charge on any atom is 0.0478 e. The predicted octanol–water partition coefficient (Wildman–Crippen LogP) is 2.93. The van der Waals surface area contributed by atoms with Gasteiger partial charge in [0.15, 0.2) is 0 Å². The Hall–Kier alpha value is -0.0500. The Morgan fingerprint density at radius 1 is 1.36 bits per heavy atom. The molecule has 2 nitrogen and oxygen atoms in total. The van der Waals surface area contributed by atoms with Crippen LogP contribution >= 0.6 is 11.6 Å². The van der Waals surface area contributed by atoms with E-state index in [9.17, 15) is 0 Å². The number of hydrogen-bond donors (Lipinski definition) is 1. The van der Waals surface area contributed by atoms with E-state index < -0.39 is 0 Å². The lowest BCUT2D eigenvalue weighted by atomic mass is 10.3. The Morgan fingerprint density at radius 3 is 2.71 bits per heavy atom. The zero-order chi connectivity index (χ0) is 10.6. The van der Waals surface area contributed by atoms with Gasteiger partial charge < -0.3 is 10.1 Å². The van der Waals surface area contributed by atoms with E-state index in [0.29, 0.717) is 0 Å². The Labute approximate surface area is 92.7 Å². The molecular weight excluding hydrogens is 198 g/mol. The van der Waals surface area contributed by atoms with Crippen molar-refractivity contribution in [2.45, 2.75) is 33.1 Å². The standard InChI is InChI=1S/C11H22ClNO/c1-3-4-7-14-8-5-6-13-10-11(2)9-12/h9,13H,3-8,10H2,1-2H3. The van der Waals surface area contributed by atoms with Gasteiger partial charge >= 0.3 is 0 Å². The second-order valence-electron chi connectivity index (χ2n) is 3.45. The maximum atomic E-state index is 5.52. The molecule has 0 aromatic heterocycles. The number of hydrogen-bond acceptors (Lipinski definition) is 2. The number of halogens is 1. The SMILES string of the molecule is CCCCOCCCNCC(C)=CCl. The van der Waals surface area contributed by atoms with Crippen LogP contribution in [0.2, 0.25) is 0 Å². The summed E-state index contributed by atoms with van der Waals surface area (Å²) in [4.78, 5) is 0.